The predicted molar refractivity (Wildman–Crippen MR) is 52.4 cm³/mol. The van der Waals surface area contributed by atoms with Gasteiger partial charge in [-0.05, 0) is 18.6 Å². The summed E-state index contributed by atoms with van der Waals surface area (Å²) >= 11 is 6.02. The minimum absolute atomic E-state index is 0.719. The van der Waals surface area contributed by atoms with Gasteiger partial charge in [0.05, 0.1) is 0 Å². The molecule has 61 valence electrons. The van der Waals surface area contributed by atoms with Crippen molar-refractivity contribution in [2.45, 2.75) is 0 Å². The van der Waals surface area contributed by atoms with Gasteiger partial charge in [-0.3, -0.25) is 0 Å². The summed E-state index contributed by atoms with van der Waals surface area (Å²) in [5, 5.41) is 1.85. The molecule has 1 nitrogen and oxygen atoms in total. The van der Waals surface area contributed by atoms with Crippen molar-refractivity contribution in [3.05, 3.63) is 41.9 Å². The largest absolute Gasteiger partial charge is 0.335 e. The molecule has 0 amide bonds. The van der Waals surface area contributed by atoms with Gasteiger partial charge in [-0.25, -0.2) is 0 Å². The van der Waals surface area contributed by atoms with E-state index in [4.69, 9.17) is 11.6 Å². The van der Waals surface area contributed by atoms with E-state index in [2.05, 4.69) is 6.92 Å². The summed E-state index contributed by atoms with van der Waals surface area (Å²) in [5.74, 6) is 0. The highest BCUT2D eigenvalue weighted by molar-refractivity contribution is 6.32. The lowest BCUT2D eigenvalue weighted by molar-refractivity contribution is 0.967. The van der Waals surface area contributed by atoms with E-state index < -0.39 is 0 Å². The number of nitrogens with zero attached hydrogens (tertiary/aromatic N) is 1. The third kappa shape index (κ3) is 0.864. The quantitative estimate of drug-likeness (QED) is 0.585. The molecule has 2 heteroatoms. The second kappa shape index (κ2) is 2.53. The number of aromatic nitrogens is 1. The Balaban J connectivity index is 2.99. The second-order valence-electron chi connectivity index (χ2n) is 2.85. The monoisotopic (exact) mass is 178 g/mol. The van der Waals surface area contributed by atoms with Gasteiger partial charge in [-0.2, -0.15) is 0 Å². The summed E-state index contributed by atoms with van der Waals surface area (Å²) in [6, 6.07) is 8.06. The Morgan fingerprint density at radius 3 is 2.67 bits per heavy atom. The molecular weight excluding hydrogens is 170 g/mol. The van der Waals surface area contributed by atoms with Crippen LogP contribution >= 0.6 is 11.6 Å². The van der Waals surface area contributed by atoms with E-state index in [-0.39, 0.29) is 0 Å². The highest BCUT2D eigenvalue weighted by Crippen LogP contribution is 2.27. The summed E-state index contributed by atoms with van der Waals surface area (Å²) in [5.41, 5.74) is 2.04. The van der Waals surface area contributed by atoms with E-state index in [1.54, 1.807) is 0 Å². The molecule has 1 heterocycles. The van der Waals surface area contributed by atoms with Crippen LogP contribution in [0.2, 0.25) is 5.15 Å². The summed E-state index contributed by atoms with van der Waals surface area (Å²) in [4.78, 5) is 0. The molecule has 0 fully saturated rings. The average Bonchev–Trinajstić information content (AvgIpc) is 2.33. The average molecular weight is 179 g/mol. The van der Waals surface area contributed by atoms with Crippen LogP contribution in [0.3, 0.4) is 0 Å². The van der Waals surface area contributed by atoms with Gasteiger partial charge in [0.15, 0.2) is 0 Å². The number of aryl methyl sites for hydroxylation is 1. The van der Waals surface area contributed by atoms with Gasteiger partial charge in [0.2, 0.25) is 0 Å². The van der Waals surface area contributed by atoms with Crippen molar-refractivity contribution in [2.24, 2.45) is 7.05 Å². The van der Waals surface area contributed by atoms with Crippen LogP contribution in [0, 0.1) is 6.92 Å². The van der Waals surface area contributed by atoms with Crippen LogP contribution < -0.4 is 0 Å². The van der Waals surface area contributed by atoms with Crippen molar-refractivity contribution in [1.82, 2.24) is 4.57 Å². The smallest absolute Gasteiger partial charge is 0.112 e. The Hall–Kier alpha value is -0.950. The van der Waals surface area contributed by atoms with Gasteiger partial charge in [0, 0.05) is 18.0 Å². The third-order valence-electron chi connectivity index (χ3n) is 2.13. The molecule has 1 aromatic heterocycles. The highest BCUT2D eigenvalue weighted by Gasteiger charge is 2.07. The van der Waals surface area contributed by atoms with Crippen LogP contribution in [0.5, 0.6) is 0 Å². The van der Waals surface area contributed by atoms with Crippen LogP contribution in [-0.2, 0) is 7.05 Å². The lowest BCUT2D eigenvalue weighted by Crippen LogP contribution is -1.85. The minimum atomic E-state index is 0.719. The summed E-state index contributed by atoms with van der Waals surface area (Å²) in [7, 11) is 1.94. The van der Waals surface area contributed by atoms with Gasteiger partial charge >= 0.3 is 0 Å². The van der Waals surface area contributed by atoms with Crippen molar-refractivity contribution in [2.75, 3.05) is 0 Å². The van der Waals surface area contributed by atoms with Gasteiger partial charge in [-0.1, -0.05) is 29.8 Å². The first-order chi connectivity index (χ1) is 5.72. The molecule has 0 N–H and O–H groups in total. The molecule has 1 aromatic carbocycles. The maximum atomic E-state index is 6.02. The number of hydrogen-bond acceptors (Lipinski definition) is 0. The Labute approximate surface area is 76.6 Å². The van der Waals surface area contributed by atoms with Crippen molar-refractivity contribution >= 4 is 22.5 Å². The fourth-order valence-electron chi connectivity index (χ4n) is 1.44. The number of hydrogen-bond donors (Lipinski definition) is 0. The molecule has 0 aliphatic rings. The summed E-state index contributed by atoms with van der Waals surface area (Å²) in [6.07, 6.45) is 0. The van der Waals surface area contributed by atoms with Crippen LogP contribution in [0.15, 0.2) is 24.3 Å². The molecular formula is C10H9ClN. The van der Waals surface area contributed by atoms with E-state index in [9.17, 15) is 0 Å². The van der Waals surface area contributed by atoms with Crippen molar-refractivity contribution in [1.29, 1.82) is 0 Å². The molecule has 0 bridgehead atoms. The van der Waals surface area contributed by atoms with E-state index in [0.29, 0.717) is 0 Å². The van der Waals surface area contributed by atoms with E-state index in [1.807, 2.05) is 35.9 Å². The Morgan fingerprint density at radius 1 is 1.33 bits per heavy atom. The molecule has 0 aliphatic heterocycles. The van der Waals surface area contributed by atoms with Crippen molar-refractivity contribution in [3.63, 3.8) is 0 Å². The van der Waals surface area contributed by atoms with E-state index in [0.717, 1.165) is 21.6 Å². The van der Waals surface area contributed by atoms with Crippen LogP contribution in [0.1, 0.15) is 5.56 Å². The molecule has 2 aromatic rings. The molecule has 12 heavy (non-hydrogen) atoms. The maximum Gasteiger partial charge on any atom is 0.112 e. The Morgan fingerprint density at radius 2 is 2.00 bits per heavy atom. The number of rotatable bonds is 0. The zero-order valence-corrected chi connectivity index (χ0v) is 7.60. The molecule has 2 rings (SSSR count). The van der Waals surface area contributed by atoms with E-state index >= 15 is 0 Å². The van der Waals surface area contributed by atoms with Gasteiger partial charge in [0.1, 0.15) is 5.15 Å². The fourth-order valence-corrected chi connectivity index (χ4v) is 1.63. The first-order valence-electron chi connectivity index (χ1n) is 3.76. The van der Waals surface area contributed by atoms with E-state index in [1.165, 1.54) is 0 Å². The van der Waals surface area contributed by atoms with Crippen LogP contribution in [-0.4, -0.2) is 4.57 Å². The minimum Gasteiger partial charge on any atom is -0.335 e. The Bertz CT molecular complexity index is 390. The SMILES string of the molecule is [CH2]c1c(Cl)n(C)c2ccccc12. The topological polar surface area (TPSA) is 4.93 Å². The maximum absolute atomic E-state index is 6.02. The van der Waals surface area contributed by atoms with Gasteiger partial charge in [-0.15, -0.1) is 0 Å². The molecule has 0 atom stereocenters. The number of benzene rings is 1. The zero-order valence-electron chi connectivity index (χ0n) is 6.84. The summed E-state index contributed by atoms with van der Waals surface area (Å²) < 4.78 is 1.94. The third-order valence-corrected chi connectivity index (χ3v) is 2.62. The molecule has 0 saturated heterocycles. The molecule has 0 saturated carbocycles. The van der Waals surface area contributed by atoms with Crippen molar-refractivity contribution in [3.8, 4) is 0 Å². The lowest BCUT2D eigenvalue weighted by Gasteiger charge is -1.94. The first-order valence-corrected chi connectivity index (χ1v) is 4.14. The van der Waals surface area contributed by atoms with Crippen LogP contribution in [0.4, 0.5) is 0 Å². The standard InChI is InChI=1S/C10H9ClN/c1-7-8-5-3-4-6-9(8)12(2)10(7)11/h3-6H,1H2,2H3. The number of fused-ring (bicyclic) bond motifs is 1. The first kappa shape index (κ1) is 7.69. The fraction of sp³-hybridized carbons (Fsp3) is 0.100. The number of para-hydroxylation sites is 1. The van der Waals surface area contributed by atoms with Crippen molar-refractivity contribution < 1.29 is 0 Å². The van der Waals surface area contributed by atoms with Crippen LogP contribution in [0.25, 0.3) is 10.9 Å². The normalized spacial score (nSPS) is 10.9. The summed E-state index contributed by atoms with van der Waals surface area (Å²) in [6.45, 7) is 3.92. The molecule has 0 unspecified atom stereocenters. The van der Waals surface area contributed by atoms with Gasteiger partial charge in [0.25, 0.3) is 0 Å². The van der Waals surface area contributed by atoms with Gasteiger partial charge < -0.3 is 4.57 Å². The molecule has 0 spiro atoms. The zero-order chi connectivity index (χ0) is 8.72. The molecule has 1 radical (unpaired) electrons. The Kier molecular flexibility index (Phi) is 1.62. The molecule has 0 aliphatic carbocycles. The second-order valence-corrected chi connectivity index (χ2v) is 3.20. The number of halogens is 1. The predicted octanol–water partition coefficient (Wildman–Crippen LogP) is 3.01. The highest BCUT2D eigenvalue weighted by atomic mass is 35.5. The lowest BCUT2D eigenvalue weighted by atomic mass is 10.2.